The summed E-state index contributed by atoms with van der Waals surface area (Å²) in [6.07, 6.45) is 4.49. The van der Waals surface area contributed by atoms with Crippen LogP contribution in [0.3, 0.4) is 0 Å². The van der Waals surface area contributed by atoms with E-state index in [-0.39, 0.29) is 29.3 Å². The first kappa shape index (κ1) is 34.9. The van der Waals surface area contributed by atoms with Crippen LogP contribution in [0.1, 0.15) is 59.4 Å². The van der Waals surface area contributed by atoms with E-state index in [4.69, 9.17) is 16.3 Å². The number of fused-ring (bicyclic) bond motifs is 1. The van der Waals surface area contributed by atoms with Crippen LogP contribution in [-0.2, 0) is 27.2 Å². The van der Waals surface area contributed by atoms with Crippen molar-refractivity contribution in [1.29, 1.82) is 0 Å². The first-order valence-corrected chi connectivity index (χ1v) is 16.9. The first-order valence-electron chi connectivity index (χ1n) is 16.5. The summed E-state index contributed by atoms with van der Waals surface area (Å²) in [4.78, 5) is 47.1. The van der Waals surface area contributed by atoms with Gasteiger partial charge in [-0.3, -0.25) is 9.59 Å². The van der Waals surface area contributed by atoms with Crippen molar-refractivity contribution in [2.45, 2.75) is 45.3 Å². The van der Waals surface area contributed by atoms with Crippen molar-refractivity contribution >= 4 is 41.0 Å². The largest absolute Gasteiger partial charge is 0.456 e. The van der Waals surface area contributed by atoms with Crippen molar-refractivity contribution in [3.05, 3.63) is 106 Å². The van der Waals surface area contributed by atoms with Gasteiger partial charge in [0.1, 0.15) is 18.0 Å². The fourth-order valence-electron chi connectivity index (χ4n) is 6.41. The van der Waals surface area contributed by atoms with E-state index in [0.29, 0.717) is 23.2 Å². The number of likely N-dealkylation sites (N-methyl/N-ethyl adjacent to an activating group) is 1. The maximum absolute atomic E-state index is 15.3. The summed E-state index contributed by atoms with van der Waals surface area (Å²) in [6.45, 7) is 9.25. The molecule has 50 heavy (non-hydrogen) atoms. The summed E-state index contributed by atoms with van der Waals surface area (Å²) >= 11 is 6.11. The average Bonchev–Trinajstić information content (AvgIpc) is 3.63. The highest BCUT2D eigenvalue weighted by Crippen LogP contribution is 2.37. The van der Waals surface area contributed by atoms with Gasteiger partial charge < -0.3 is 19.4 Å². The molecule has 0 saturated carbocycles. The third kappa shape index (κ3) is 7.61. The molecule has 0 radical (unpaired) electrons. The zero-order valence-electron chi connectivity index (χ0n) is 28.5. The van der Waals surface area contributed by atoms with Crippen molar-refractivity contribution in [1.82, 2.24) is 30.0 Å². The Morgan fingerprint density at radius 2 is 1.72 bits per heavy atom. The van der Waals surface area contributed by atoms with Gasteiger partial charge in [0.2, 0.25) is 5.91 Å². The maximum Gasteiger partial charge on any atom is 0.338 e. The Hall–Kier alpha value is -4.94. The summed E-state index contributed by atoms with van der Waals surface area (Å²) in [6, 6.07) is 14.7. The Morgan fingerprint density at radius 1 is 0.980 bits per heavy atom. The first-order chi connectivity index (χ1) is 23.9. The van der Waals surface area contributed by atoms with Gasteiger partial charge in [-0.05, 0) is 97.8 Å². The number of carbonyl (C=O) groups excluding carboxylic acids is 3. The number of carbonyl (C=O) groups is 3. The number of esters is 1. The second-order valence-electron chi connectivity index (χ2n) is 13.5. The lowest BCUT2D eigenvalue weighted by atomic mass is 9.86. The SMILES string of the molecule is CN1CCN(c2cccc3c2CCN(C(=O)/C=C/c2c(-n4cnnn4)ccc(Cl)c2F)C3C(=O)Cc2ccc(C(=O)OC(C)(C)C)cc2)CC1. The fraction of sp³-hybridized carbons (Fsp3) is 0.351. The van der Waals surface area contributed by atoms with Crippen LogP contribution in [0.25, 0.3) is 11.8 Å². The maximum atomic E-state index is 15.3. The van der Waals surface area contributed by atoms with E-state index in [2.05, 4.69) is 38.4 Å². The number of piperazine rings is 1. The van der Waals surface area contributed by atoms with Crippen molar-refractivity contribution in [3.8, 4) is 5.69 Å². The molecule has 1 atom stereocenters. The van der Waals surface area contributed by atoms with Gasteiger partial charge in [-0.15, -0.1) is 5.10 Å². The molecule has 6 rings (SSSR count). The normalized spacial score (nSPS) is 16.8. The number of rotatable bonds is 8. The lowest BCUT2D eigenvalue weighted by Gasteiger charge is -2.40. The lowest BCUT2D eigenvalue weighted by Crippen LogP contribution is -2.46. The van der Waals surface area contributed by atoms with E-state index in [1.54, 1.807) is 56.0 Å². The molecular formula is C37H39ClFN7O4. The fourth-order valence-corrected chi connectivity index (χ4v) is 6.57. The summed E-state index contributed by atoms with van der Waals surface area (Å²) in [5.41, 5.74) is 3.65. The minimum absolute atomic E-state index is 0.0251. The Balaban J connectivity index is 1.32. The Bertz CT molecular complexity index is 1920. The number of halogens is 2. The molecule has 1 unspecified atom stereocenters. The summed E-state index contributed by atoms with van der Waals surface area (Å²) in [5.74, 6) is -1.82. The van der Waals surface area contributed by atoms with Crippen molar-refractivity contribution in [3.63, 3.8) is 0 Å². The van der Waals surface area contributed by atoms with E-state index in [0.717, 1.165) is 43.0 Å². The number of hydrogen-bond acceptors (Lipinski definition) is 9. The Morgan fingerprint density at radius 3 is 2.40 bits per heavy atom. The molecule has 2 aliphatic heterocycles. The van der Waals surface area contributed by atoms with Gasteiger partial charge in [0.15, 0.2) is 11.6 Å². The van der Waals surface area contributed by atoms with Gasteiger partial charge in [0.25, 0.3) is 0 Å². The van der Waals surface area contributed by atoms with Gasteiger partial charge in [-0.25, -0.2) is 9.18 Å². The van der Waals surface area contributed by atoms with E-state index in [1.807, 2.05) is 12.1 Å². The van der Waals surface area contributed by atoms with E-state index in [9.17, 15) is 14.4 Å². The summed E-state index contributed by atoms with van der Waals surface area (Å²) in [5, 5.41) is 11.0. The van der Waals surface area contributed by atoms with E-state index >= 15 is 4.39 Å². The van der Waals surface area contributed by atoms with Crippen LogP contribution in [-0.4, -0.2) is 93.0 Å². The molecule has 0 spiro atoms. The van der Waals surface area contributed by atoms with Gasteiger partial charge in [0, 0.05) is 56.5 Å². The minimum atomic E-state index is -0.892. The smallest absolute Gasteiger partial charge is 0.338 e. The van der Waals surface area contributed by atoms with Gasteiger partial charge >= 0.3 is 5.97 Å². The van der Waals surface area contributed by atoms with Gasteiger partial charge in [0.05, 0.1) is 16.3 Å². The lowest BCUT2D eigenvalue weighted by molar-refractivity contribution is -0.136. The van der Waals surface area contributed by atoms with Crippen molar-refractivity contribution in [2.75, 3.05) is 44.7 Å². The highest BCUT2D eigenvalue weighted by Gasteiger charge is 2.37. The summed E-state index contributed by atoms with van der Waals surface area (Å²) in [7, 11) is 2.10. The number of amides is 1. The van der Waals surface area contributed by atoms with E-state index < -0.39 is 29.3 Å². The van der Waals surface area contributed by atoms with Crippen LogP contribution in [0.4, 0.5) is 10.1 Å². The van der Waals surface area contributed by atoms with Crippen LogP contribution in [0.5, 0.6) is 0 Å². The number of ether oxygens (including phenoxy) is 1. The second-order valence-corrected chi connectivity index (χ2v) is 14.0. The number of Topliss-reactive ketones (excluding diaryl/α,β-unsaturated/α-hetero) is 1. The molecule has 2 aliphatic rings. The van der Waals surface area contributed by atoms with Crippen molar-refractivity contribution < 1.29 is 23.5 Å². The molecule has 11 nitrogen and oxygen atoms in total. The third-order valence-corrected chi connectivity index (χ3v) is 9.19. The average molecular weight is 700 g/mol. The molecule has 4 aromatic rings. The molecule has 13 heteroatoms. The predicted octanol–water partition coefficient (Wildman–Crippen LogP) is 5.11. The van der Waals surface area contributed by atoms with Crippen LogP contribution < -0.4 is 4.90 Å². The number of benzene rings is 3. The van der Waals surface area contributed by atoms with Crippen LogP contribution in [0.15, 0.2) is 67.0 Å². The number of ketones is 1. The number of tetrazole rings is 1. The van der Waals surface area contributed by atoms with Gasteiger partial charge in [-0.2, -0.15) is 4.68 Å². The van der Waals surface area contributed by atoms with Crippen LogP contribution in [0, 0.1) is 5.82 Å². The molecule has 1 amide bonds. The molecule has 0 aliphatic carbocycles. The van der Waals surface area contributed by atoms with E-state index in [1.165, 1.54) is 29.2 Å². The third-order valence-electron chi connectivity index (χ3n) is 8.89. The monoisotopic (exact) mass is 699 g/mol. The van der Waals surface area contributed by atoms with Crippen molar-refractivity contribution in [2.24, 2.45) is 0 Å². The minimum Gasteiger partial charge on any atom is -0.456 e. The predicted molar refractivity (Wildman–Crippen MR) is 188 cm³/mol. The van der Waals surface area contributed by atoms with Crippen LogP contribution >= 0.6 is 11.6 Å². The highest BCUT2D eigenvalue weighted by atomic mass is 35.5. The molecular weight excluding hydrogens is 661 g/mol. The standard InChI is InChI=1S/C37H39ClFN7O4/c1-37(2,3)50-36(49)25-10-8-24(9-11-25)22-32(47)35-27-6-5-7-30(44-20-18-43(4)19-21-44)26(27)16-17-45(35)33(48)15-12-28-31(46-23-40-41-42-46)14-13-29(38)34(28)39/h5-15,23,35H,16-22H2,1-4H3/b15-12+. The number of hydrogen-bond donors (Lipinski definition) is 0. The molecule has 1 aromatic heterocycles. The second kappa shape index (κ2) is 14.5. The highest BCUT2D eigenvalue weighted by molar-refractivity contribution is 6.31. The number of nitrogens with zero attached hydrogens (tertiary/aromatic N) is 7. The topological polar surface area (TPSA) is 114 Å². The molecule has 0 bridgehead atoms. The molecule has 1 saturated heterocycles. The molecule has 1 fully saturated rings. The zero-order chi connectivity index (χ0) is 35.6. The zero-order valence-corrected chi connectivity index (χ0v) is 29.2. The molecule has 3 heterocycles. The number of anilines is 1. The summed E-state index contributed by atoms with van der Waals surface area (Å²) < 4.78 is 22.1. The molecule has 3 aromatic carbocycles. The number of aromatic nitrogens is 4. The van der Waals surface area contributed by atoms with Crippen LogP contribution in [0.2, 0.25) is 5.02 Å². The Labute approximate surface area is 295 Å². The Kier molecular flexibility index (Phi) is 10.1. The van der Waals surface area contributed by atoms with Gasteiger partial charge in [-0.1, -0.05) is 35.9 Å². The molecule has 0 N–H and O–H groups in total. The molecule has 260 valence electrons. The quantitative estimate of drug-likeness (QED) is 0.183.